The van der Waals surface area contributed by atoms with Gasteiger partial charge in [-0.25, -0.2) is 0 Å². The van der Waals surface area contributed by atoms with Crippen LogP contribution in [0.15, 0.2) is 30.3 Å². The molecule has 1 aromatic rings. The van der Waals surface area contributed by atoms with Crippen molar-refractivity contribution in [3.05, 3.63) is 30.3 Å². The van der Waals surface area contributed by atoms with Gasteiger partial charge in [0.2, 0.25) is 5.91 Å². The zero-order valence-corrected chi connectivity index (χ0v) is 13.2. The number of carbonyl (C=O) groups is 1. The van der Waals surface area contributed by atoms with Crippen LogP contribution >= 0.6 is 0 Å². The highest BCUT2D eigenvalue weighted by Gasteiger charge is 2.37. The molecule has 1 amide bonds. The third-order valence-corrected chi connectivity index (χ3v) is 3.71. The Hall–Kier alpha value is -1.35. The first-order valence-electron chi connectivity index (χ1n) is 7.61. The average Bonchev–Trinajstić information content (AvgIpc) is 2.47. The van der Waals surface area contributed by atoms with Gasteiger partial charge < -0.3 is 4.74 Å². The number of rotatable bonds is 8. The molecule has 0 saturated heterocycles. The molecule has 0 aromatic heterocycles. The predicted molar refractivity (Wildman–Crippen MR) is 83.8 cm³/mol. The summed E-state index contributed by atoms with van der Waals surface area (Å²) in [6, 6.07) is 9.79. The SMILES string of the molecule is CCCCOC(CC)(CC)N(C(C)=O)c1ccccc1. The van der Waals surface area contributed by atoms with Crippen LogP contribution in [0.25, 0.3) is 0 Å². The van der Waals surface area contributed by atoms with Crippen molar-refractivity contribution in [2.24, 2.45) is 0 Å². The van der Waals surface area contributed by atoms with Gasteiger partial charge >= 0.3 is 0 Å². The van der Waals surface area contributed by atoms with Crippen LogP contribution in [0.3, 0.4) is 0 Å². The second kappa shape index (κ2) is 8.05. The molecule has 0 heterocycles. The minimum absolute atomic E-state index is 0.0244. The maximum atomic E-state index is 12.2. The van der Waals surface area contributed by atoms with Gasteiger partial charge in [0.25, 0.3) is 0 Å². The number of anilines is 1. The topological polar surface area (TPSA) is 29.5 Å². The second-order valence-electron chi connectivity index (χ2n) is 5.05. The van der Waals surface area contributed by atoms with E-state index in [9.17, 15) is 4.79 Å². The Kier molecular flexibility index (Phi) is 6.73. The predicted octanol–water partition coefficient (Wildman–Crippen LogP) is 4.37. The van der Waals surface area contributed by atoms with E-state index in [1.165, 1.54) is 0 Å². The maximum absolute atomic E-state index is 12.2. The van der Waals surface area contributed by atoms with Crippen LogP contribution in [0.5, 0.6) is 0 Å². The van der Waals surface area contributed by atoms with E-state index in [-0.39, 0.29) is 5.91 Å². The number of hydrogen-bond donors (Lipinski definition) is 0. The molecule has 0 bridgehead atoms. The molecule has 0 aliphatic heterocycles. The number of amides is 1. The second-order valence-corrected chi connectivity index (χ2v) is 5.05. The first-order chi connectivity index (χ1) is 9.61. The van der Waals surface area contributed by atoms with Crippen molar-refractivity contribution >= 4 is 11.6 Å². The van der Waals surface area contributed by atoms with Crippen LogP contribution in [0.1, 0.15) is 53.4 Å². The summed E-state index contributed by atoms with van der Waals surface area (Å²) in [5.41, 5.74) is 0.364. The van der Waals surface area contributed by atoms with E-state index >= 15 is 0 Å². The Morgan fingerprint density at radius 2 is 1.75 bits per heavy atom. The van der Waals surface area contributed by atoms with Crippen LogP contribution in [0.2, 0.25) is 0 Å². The van der Waals surface area contributed by atoms with E-state index in [2.05, 4.69) is 20.8 Å². The van der Waals surface area contributed by atoms with E-state index in [0.29, 0.717) is 6.61 Å². The minimum atomic E-state index is -0.539. The van der Waals surface area contributed by atoms with E-state index < -0.39 is 5.72 Å². The van der Waals surface area contributed by atoms with Gasteiger partial charge in [-0.05, 0) is 31.4 Å². The number of unbranched alkanes of at least 4 members (excludes halogenated alkanes) is 1. The molecule has 1 rings (SSSR count). The molecule has 20 heavy (non-hydrogen) atoms. The summed E-state index contributed by atoms with van der Waals surface area (Å²) in [5.74, 6) is 0.0244. The van der Waals surface area contributed by atoms with Gasteiger partial charge in [-0.3, -0.25) is 9.69 Å². The highest BCUT2D eigenvalue weighted by molar-refractivity contribution is 5.92. The quantitative estimate of drug-likeness (QED) is 0.521. The number of hydrogen-bond acceptors (Lipinski definition) is 2. The highest BCUT2D eigenvalue weighted by atomic mass is 16.5. The lowest BCUT2D eigenvalue weighted by atomic mass is 10.0. The Balaban J connectivity index is 3.09. The number of para-hydroxylation sites is 1. The molecule has 0 N–H and O–H groups in total. The van der Waals surface area contributed by atoms with Crippen molar-refractivity contribution in [1.82, 2.24) is 0 Å². The van der Waals surface area contributed by atoms with E-state index in [1.54, 1.807) is 6.92 Å². The summed E-state index contributed by atoms with van der Waals surface area (Å²) in [6.45, 7) is 8.59. The fourth-order valence-corrected chi connectivity index (χ4v) is 2.52. The molecule has 3 nitrogen and oxygen atoms in total. The smallest absolute Gasteiger partial charge is 0.226 e. The van der Waals surface area contributed by atoms with Crippen molar-refractivity contribution in [1.29, 1.82) is 0 Å². The van der Waals surface area contributed by atoms with E-state index in [1.807, 2.05) is 35.2 Å². The molecule has 0 saturated carbocycles. The molecule has 3 heteroatoms. The van der Waals surface area contributed by atoms with Crippen molar-refractivity contribution in [2.75, 3.05) is 11.5 Å². The fourth-order valence-electron chi connectivity index (χ4n) is 2.52. The van der Waals surface area contributed by atoms with Gasteiger partial charge in [-0.1, -0.05) is 45.4 Å². The molecule has 0 fully saturated rings. The van der Waals surface area contributed by atoms with E-state index in [4.69, 9.17) is 4.74 Å². The van der Waals surface area contributed by atoms with Gasteiger partial charge in [0.15, 0.2) is 0 Å². The first kappa shape index (κ1) is 16.7. The number of ether oxygens (including phenoxy) is 1. The summed E-state index contributed by atoms with van der Waals surface area (Å²) < 4.78 is 6.15. The van der Waals surface area contributed by atoms with Gasteiger partial charge in [-0.2, -0.15) is 0 Å². The largest absolute Gasteiger partial charge is 0.355 e. The maximum Gasteiger partial charge on any atom is 0.226 e. The van der Waals surface area contributed by atoms with Crippen LogP contribution in [0.4, 0.5) is 5.69 Å². The molecular formula is C17H27NO2. The number of nitrogens with zero attached hydrogens (tertiary/aromatic N) is 1. The lowest BCUT2D eigenvalue weighted by Crippen LogP contribution is -2.53. The molecular weight excluding hydrogens is 250 g/mol. The molecule has 0 aliphatic carbocycles. The third kappa shape index (κ3) is 3.83. The summed E-state index contributed by atoms with van der Waals surface area (Å²) >= 11 is 0. The molecule has 1 aromatic carbocycles. The zero-order chi connectivity index (χ0) is 15.0. The number of benzene rings is 1. The third-order valence-electron chi connectivity index (χ3n) is 3.71. The van der Waals surface area contributed by atoms with Crippen molar-refractivity contribution in [2.45, 2.75) is 59.1 Å². The summed E-state index contributed by atoms with van der Waals surface area (Å²) in [7, 11) is 0. The molecule has 0 radical (unpaired) electrons. The Morgan fingerprint density at radius 1 is 1.15 bits per heavy atom. The molecule has 0 unspecified atom stereocenters. The summed E-state index contributed by atoms with van der Waals surface area (Å²) in [4.78, 5) is 14.0. The highest BCUT2D eigenvalue weighted by Crippen LogP contribution is 2.31. The van der Waals surface area contributed by atoms with Crippen LogP contribution in [0, 0.1) is 0 Å². The van der Waals surface area contributed by atoms with Crippen molar-refractivity contribution in [3.63, 3.8) is 0 Å². The van der Waals surface area contributed by atoms with Crippen molar-refractivity contribution in [3.8, 4) is 0 Å². The lowest BCUT2D eigenvalue weighted by molar-refractivity contribution is -0.125. The molecule has 0 atom stereocenters. The first-order valence-corrected chi connectivity index (χ1v) is 7.61. The lowest BCUT2D eigenvalue weighted by Gasteiger charge is -2.42. The normalized spacial score (nSPS) is 11.4. The van der Waals surface area contributed by atoms with Crippen LogP contribution < -0.4 is 4.90 Å². The van der Waals surface area contributed by atoms with E-state index in [0.717, 1.165) is 31.4 Å². The Labute approximate surface area is 122 Å². The van der Waals surface area contributed by atoms with Crippen LogP contribution in [-0.4, -0.2) is 18.2 Å². The zero-order valence-electron chi connectivity index (χ0n) is 13.2. The van der Waals surface area contributed by atoms with Gasteiger partial charge in [-0.15, -0.1) is 0 Å². The fraction of sp³-hybridized carbons (Fsp3) is 0.588. The standard InChI is InChI=1S/C17H27NO2/c1-5-8-14-20-17(6-2,7-3)18(15(4)19)16-12-10-9-11-13-16/h9-13H,5-8,14H2,1-4H3. The number of carbonyl (C=O) groups excluding carboxylic acids is 1. The van der Waals surface area contributed by atoms with Crippen LogP contribution in [-0.2, 0) is 9.53 Å². The van der Waals surface area contributed by atoms with Gasteiger partial charge in [0, 0.05) is 19.2 Å². The summed E-state index contributed by atoms with van der Waals surface area (Å²) in [6.07, 6.45) is 3.67. The van der Waals surface area contributed by atoms with Crippen molar-refractivity contribution < 1.29 is 9.53 Å². The van der Waals surface area contributed by atoms with Gasteiger partial charge in [0.05, 0.1) is 0 Å². The Bertz CT molecular complexity index is 399. The molecule has 0 aliphatic rings. The Morgan fingerprint density at radius 3 is 2.20 bits per heavy atom. The van der Waals surface area contributed by atoms with Gasteiger partial charge in [0.1, 0.15) is 5.72 Å². The summed E-state index contributed by atoms with van der Waals surface area (Å²) in [5, 5.41) is 0. The molecule has 0 spiro atoms. The average molecular weight is 277 g/mol. The molecule has 112 valence electrons. The minimum Gasteiger partial charge on any atom is -0.355 e. The monoisotopic (exact) mass is 277 g/mol.